The SMILES string of the molecule is CCCNC(=O)NC(=O)COC(=O)CN(C)S(=O)(=O)c1ccc(F)cc1. The Morgan fingerprint density at radius 3 is 2.38 bits per heavy atom. The van der Waals surface area contributed by atoms with E-state index in [1.165, 1.54) is 0 Å². The monoisotopic (exact) mass is 389 g/mol. The van der Waals surface area contributed by atoms with Gasteiger partial charge in [-0.15, -0.1) is 0 Å². The van der Waals surface area contributed by atoms with Crippen LogP contribution in [0.2, 0.25) is 0 Å². The fourth-order valence-corrected chi connectivity index (χ4v) is 2.81. The number of benzene rings is 1. The smallest absolute Gasteiger partial charge is 0.321 e. The normalized spacial score (nSPS) is 11.1. The molecule has 0 saturated heterocycles. The van der Waals surface area contributed by atoms with Crippen LogP contribution in [0.1, 0.15) is 13.3 Å². The number of hydrogen-bond acceptors (Lipinski definition) is 6. The highest BCUT2D eigenvalue weighted by Gasteiger charge is 2.24. The molecule has 0 atom stereocenters. The molecule has 2 N–H and O–H groups in total. The third-order valence-electron chi connectivity index (χ3n) is 3.03. The Kier molecular flexibility index (Phi) is 8.13. The van der Waals surface area contributed by atoms with Crippen molar-refractivity contribution in [2.24, 2.45) is 0 Å². The van der Waals surface area contributed by atoms with Crippen molar-refractivity contribution in [3.63, 3.8) is 0 Å². The van der Waals surface area contributed by atoms with E-state index in [2.05, 4.69) is 10.1 Å². The summed E-state index contributed by atoms with van der Waals surface area (Å²) >= 11 is 0. The number of likely N-dealkylation sites (N-methyl/N-ethyl adjacent to an activating group) is 1. The third kappa shape index (κ3) is 6.76. The molecule has 144 valence electrons. The van der Waals surface area contributed by atoms with Crippen molar-refractivity contribution in [2.75, 3.05) is 26.7 Å². The number of nitrogens with zero attached hydrogens (tertiary/aromatic N) is 1. The molecule has 0 radical (unpaired) electrons. The Bertz CT molecular complexity index is 751. The fourth-order valence-electron chi connectivity index (χ4n) is 1.69. The summed E-state index contributed by atoms with van der Waals surface area (Å²) in [5.41, 5.74) is 0. The lowest BCUT2D eigenvalue weighted by Crippen LogP contribution is -2.42. The maximum atomic E-state index is 12.9. The molecule has 0 bridgehead atoms. The summed E-state index contributed by atoms with van der Waals surface area (Å²) in [5, 5.41) is 4.35. The number of hydrogen-bond donors (Lipinski definition) is 2. The highest BCUT2D eigenvalue weighted by molar-refractivity contribution is 7.89. The average Bonchev–Trinajstić information content (AvgIpc) is 2.58. The number of urea groups is 1. The summed E-state index contributed by atoms with van der Waals surface area (Å²) in [4.78, 5) is 34.2. The molecule has 3 amide bonds. The Morgan fingerprint density at radius 1 is 1.19 bits per heavy atom. The van der Waals surface area contributed by atoms with Gasteiger partial charge in [-0.2, -0.15) is 4.31 Å². The van der Waals surface area contributed by atoms with Crippen molar-refractivity contribution >= 4 is 27.9 Å². The first-order valence-corrected chi connectivity index (χ1v) is 9.06. The van der Waals surface area contributed by atoms with Gasteiger partial charge in [0.15, 0.2) is 6.61 Å². The lowest BCUT2D eigenvalue weighted by Gasteiger charge is -2.16. The number of halogens is 1. The van der Waals surface area contributed by atoms with Crippen LogP contribution in [0.3, 0.4) is 0 Å². The highest BCUT2D eigenvalue weighted by Crippen LogP contribution is 2.14. The zero-order valence-corrected chi connectivity index (χ0v) is 15.1. The third-order valence-corrected chi connectivity index (χ3v) is 4.84. The van der Waals surface area contributed by atoms with Crippen molar-refractivity contribution in [3.8, 4) is 0 Å². The van der Waals surface area contributed by atoms with Crippen LogP contribution in [0.25, 0.3) is 0 Å². The molecule has 11 heteroatoms. The molecule has 9 nitrogen and oxygen atoms in total. The van der Waals surface area contributed by atoms with E-state index < -0.39 is 46.9 Å². The second-order valence-electron chi connectivity index (χ2n) is 5.18. The minimum absolute atomic E-state index is 0.195. The molecule has 0 aromatic heterocycles. The molecule has 0 fully saturated rings. The molecule has 1 rings (SSSR count). The Hall–Kier alpha value is -2.53. The maximum absolute atomic E-state index is 12.9. The molecule has 0 unspecified atom stereocenters. The lowest BCUT2D eigenvalue weighted by molar-refractivity contribution is -0.148. The van der Waals surface area contributed by atoms with Gasteiger partial charge in [-0.3, -0.25) is 14.9 Å². The van der Waals surface area contributed by atoms with Crippen LogP contribution in [0.15, 0.2) is 29.2 Å². The minimum Gasteiger partial charge on any atom is -0.455 e. The molecule has 26 heavy (non-hydrogen) atoms. The zero-order valence-electron chi connectivity index (χ0n) is 14.3. The van der Waals surface area contributed by atoms with E-state index in [-0.39, 0.29) is 4.90 Å². The quantitative estimate of drug-likeness (QED) is 0.614. The van der Waals surface area contributed by atoms with Gasteiger partial charge in [-0.05, 0) is 30.7 Å². The van der Waals surface area contributed by atoms with E-state index in [0.29, 0.717) is 17.3 Å². The number of carbonyl (C=O) groups excluding carboxylic acids is 3. The predicted octanol–water partition coefficient (Wildman–Crippen LogP) is 0.225. The van der Waals surface area contributed by atoms with E-state index in [0.717, 1.165) is 31.3 Å². The topological polar surface area (TPSA) is 122 Å². The van der Waals surface area contributed by atoms with Crippen molar-refractivity contribution < 1.29 is 31.9 Å². The van der Waals surface area contributed by atoms with Gasteiger partial charge in [0.25, 0.3) is 5.91 Å². The molecule has 1 aromatic carbocycles. The highest BCUT2D eigenvalue weighted by atomic mass is 32.2. The van der Waals surface area contributed by atoms with E-state index in [4.69, 9.17) is 0 Å². The molecule has 0 saturated carbocycles. The van der Waals surface area contributed by atoms with Crippen LogP contribution in [0.5, 0.6) is 0 Å². The Morgan fingerprint density at radius 2 is 1.81 bits per heavy atom. The van der Waals surface area contributed by atoms with Crippen molar-refractivity contribution in [1.82, 2.24) is 14.9 Å². The first-order valence-electron chi connectivity index (χ1n) is 7.62. The van der Waals surface area contributed by atoms with Gasteiger partial charge >= 0.3 is 12.0 Å². The van der Waals surface area contributed by atoms with E-state index in [9.17, 15) is 27.2 Å². The number of sulfonamides is 1. The second kappa shape index (κ2) is 9.82. The molecule has 1 aromatic rings. The summed E-state index contributed by atoms with van der Waals surface area (Å²) in [6.45, 7) is 0.823. The van der Waals surface area contributed by atoms with Crippen molar-refractivity contribution in [1.29, 1.82) is 0 Å². The van der Waals surface area contributed by atoms with Gasteiger partial charge in [0.2, 0.25) is 10.0 Å². The molecule has 0 aliphatic heterocycles. The lowest BCUT2D eigenvalue weighted by atomic mass is 10.4. The number of carbonyl (C=O) groups is 3. The molecule has 0 heterocycles. The number of nitrogens with one attached hydrogen (secondary N) is 2. The van der Waals surface area contributed by atoms with Crippen LogP contribution in [0.4, 0.5) is 9.18 Å². The standard InChI is InChI=1S/C15H20FN3O6S/c1-3-8-17-15(22)18-13(20)10-25-14(21)9-19(2)26(23,24)12-6-4-11(16)5-7-12/h4-7H,3,8-10H2,1-2H3,(H2,17,18,20,22). The van der Waals surface area contributed by atoms with Gasteiger partial charge in [0.05, 0.1) is 4.90 Å². The van der Waals surface area contributed by atoms with Gasteiger partial charge in [-0.25, -0.2) is 17.6 Å². The number of amides is 3. The summed E-state index contributed by atoms with van der Waals surface area (Å²) in [6.07, 6.45) is 0.686. The minimum atomic E-state index is -4.02. The second-order valence-corrected chi connectivity index (χ2v) is 7.22. The molecule has 0 aliphatic carbocycles. The van der Waals surface area contributed by atoms with Crippen LogP contribution >= 0.6 is 0 Å². The average molecular weight is 389 g/mol. The predicted molar refractivity (Wildman–Crippen MR) is 89.0 cm³/mol. The summed E-state index contributed by atoms with van der Waals surface area (Å²) in [5.74, 6) is -2.43. The van der Waals surface area contributed by atoms with Crippen LogP contribution in [-0.4, -0.2) is 57.4 Å². The van der Waals surface area contributed by atoms with E-state index in [1.54, 1.807) is 0 Å². The van der Waals surface area contributed by atoms with Crippen molar-refractivity contribution in [3.05, 3.63) is 30.1 Å². The van der Waals surface area contributed by atoms with Gasteiger partial charge in [0, 0.05) is 13.6 Å². The first kappa shape index (κ1) is 21.5. The summed E-state index contributed by atoms with van der Waals surface area (Å²) in [7, 11) is -2.88. The molecule has 0 aliphatic rings. The number of esters is 1. The molecule has 0 spiro atoms. The van der Waals surface area contributed by atoms with Crippen LogP contribution in [-0.2, 0) is 24.3 Å². The van der Waals surface area contributed by atoms with Gasteiger partial charge < -0.3 is 10.1 Å². The molecular formula is C15H20FN3O6S. The molecular weight excluding hydrogens is 369 g/mol. The maximum Gasteiger partial charge on any atom is 0.321 e. The van der Waals surface area contributed by atoms with E-state index in [1.807, 2.05) is 12.2 Å². The van der Waals surface area contributed by atoms with E-state index >= 15 is 0 Å². The Labute approximate surface area is 150 Å². The summed E-state index contributed by atoms with van der Waals surface area (Å²) in [6, 6.07) is 3.37. The Balaban J connectivity index is 2.50. The van der Waals surface area contributed by atoms with Crippen molar-refractivity contribution in [2.45, 2.75) is 18.2 Å². The fraction of sp³-hybridized carbons (Fsp3) is 0.400. The number of rotatable bonds is 8. The van der Waals surface area contributed by atoms with Gasteiger partial charge in [-0.1, -0.05) is 6.92 Å². The van der Waals surface area contributed by atoms with Crippen LogP contribution in [0, 0.1) is 5.82 Å². The number of imide groups is 1. The number of ether oxygens (including phenoxy) is 1. The first-order chi connectivity index (χ1) is 12.2. The zero-order chi connectivity index (χ0) is 19.7. The van der Waals surface area contributed by atoms with Crippen LogP contribution < -0.4 is 10.6 Å². The summed E-state index contributed by atoms with van der Waals surface area (Å²) < 4.78 is 42.7. The van der Waals surface area contributed by atoms with Gasteiger partial charge in [0.1, 0.15) is 12.4 Å². The largest absolute Gasteiger partial charge is 0.455 e.